The molecule has 0 aliphatic heterocycles. The number of benzene rings is 3. The molecule has 12 heteroatoms. The topological polar surface area (TPSA) is 96.0 Å². The minimum absolute atomic E-state index is 0.00321. The third-order valence-corrected chi connectivity index (χ3v) is 8.20. The predicted octanol–water partition coefficient (Wildman–Crippen LogP) is 5.20. The first-order valence-corrected chi connectivity index (χ1v) is 15.3. The molecule has 0 bridgehead atoms. The molecule has 8 nitrogen and oxygen atoms in total. The lowest BCUT2D eigenvalue weighted by Crippen LogP contribution is -2.53. The van der Waals surface area contributed by atoms with Crippen molar-refractivity contribution >= 4 is 62.3 Å². The standard InChI is InChI=1S/C28H30Cl3N3O5S/c1-4-32-28(36)26(14-19-9-6-5-7-10-19)33(17-20-11-8-12-21(13-20)39-2)27(35)18-34(40(3,37)38)25-16-23(30)22(29)15-24(25)31/h5-13,15-16,26H,4,14,17-18H2,1-3H3,(H,32,36)/t26-/m0/s1. The van der Waals surface area contributed by atoms with Crippen molar-refractivity contribution in [2.24, 2.45) is 0 Å². The van der Waals surface area contributed by atoms with Crippen molar-refractivity contribution in [3.63, 3.8) is 0 Å². The maximum Gasteiger partial charge on any atom is 0.244 e. The largest absolute Gasteiger partial charge is 0.497 e. The van der Waals surface area contributed by atoms with Crippen LogP contribution < -0.4 is 14.4 Å². The Morgan fingerprint density at radius 1 is 0.925 bits per heavy atom. The van der Waals surface area contributed by atoms with Gasteiger partial charge in [0.15, 0.2) is 0 Å². The quantitative estimate of drug-likeness (QED) is 0.279. The minimum atomic E-state index is -4.02. The first-order chi connectivity index (χ1) is 18.9. The summed E-state index contributed by atoms with van der Waals surface area (Å²) in [6.45, 7) is 1.51. The van der Waals surface area contributed by atoms with Crippen LogP contribution in [0.2, 0.25) is 15.1 Å². The van der Waals surface area contributed by atoms with E-state index in [1.165, 1.54) is 24.1 Å². The van der Waals surface area contributed by atoms with E-state index in [0.29, 0.717) is 17.9 Å². The van der Waals surface area contributed by atoms with Crippen LogP contribution in [-0.2, 0) is 32.6 Å². The first kappa shape index (κ1) is 31.5. The molecule has 0 radical (unpaired) electrons. The summed E-state index contributed by atoms with van der Waals surface area (Å²) < 4.78 is 32.0. The summed E-state index contributed by atoms with van der Waals surface area (Å²) in [6.07, 6.45) is 1.16. The van der Waals surface area contributed by atoms with Crippen molar-refractivity contribution in [1.29, 1.82) is 0 Å². The van der Waals surface area contributed by atoms with Crippen LogP contribution in [0, 0.1) is 0 Å². The summed E-state index contributed by atoms with van der Waals surface area (Å²) >= 11 is 18.5. The van der Waals surface area contributed by atoms with Crippen molar-refractivity contribution < 1.29 is 22.7 Å². The summed E-state index contributed by atoms with van der Waals surface area (Å²) in [4.78, 5) is 28.8. The van der Waals surface area contributed by atoms with Crippen LogP contribution in [0.5, 0.6) is 5.75 Å². The van der Waals surface area contributed by atoms with Crippen LogP contribution in [0.3, 0.4) is 0 Å². The Balaban J connectivity index is 2.09. The van der Waals surface area contributed by atoms with Gasteiger partial charge in [0.2, 0.25) is 21.8 Å². The number of carbonyl (C=O) groups excluding carboxylic acids is 2. The van der Waals surface area contributed by atoms with Gasteiger partial charge in [-0.1, -0.05) is 77.3 Å². The Kier molecular flexibility index (Phi) is 11.1. The van der Waals surface area contributed by atoms with E-state index < -0.39 is 28.5 Å². The maximum absolute atomic E-state index is 14.0. The Labute approximate surface area is 249 Å². The Bertz CT molecular complexity index is 1450. The normalized spacial score (nSPS) is 11.9. The Hall–Kier alpha value is -2.98. The summed E-state index contributed by atoms with van der Waals surface area (Å²) in [6, 6.07) is 18.0. The highest BCUT2D eigenvalue weighted by molar-refractivity contribution is 7.92. The number of hydrogen-bond donors (Lipinski definition) is 1. The number of hydrogen-bond acceptors (Lipinski definition) is 5. The molecular formula is C28H30Cl3N3O5S. The van der Waals surface area contributed by atoms with Gasteiger partial charge in [0, 0.05) is 19.5 Å². The van der Waals surface area contributed by atoms with Crippen LogP contribution in [0.4, 0.5) is 5.69 Å². The second-order valence-electron chi connectivity index (χ2n) is 8.96. The van der Waals surface area contributed by atoms with Crippen LogP contribution in [0.15, 0.2) is 66.7 Å². The highest BCUT2D eigenvalue weighted by atomic mass is 35.5. The Morgan fingerprint density at radius 2 is 1.57 bits per heavy atom. The van der Waals surface area contributed by atoms with Crippen molar-refractivity contribution in [2.45, 2.75) is 25.9 Å². The molecule has 0 spiro atoms. The average molecular weight is 627 g/mol. The van der Waals surface area contributed by atoms with E-state index in [9.17, 15) is 18.0 Å². The SMILES string of the molecule is CCNC(=O)[C@H](Cc1ccccc1)N(Cc1cccc(OC)c1)C(=O)CN(c1cc(Cl)c(Cl)cc1Cl)S(C)(=O)=O. The molecule has 1 atom stereocenters. The van der Waals surface area contributed by atoms with Crippen LogP contribution >= 0.6 is 34.8 Å². The predicted molar refractivity (Wildman–Crippen MR) is 160 cm³/mol. The molecule has 0 saturated carbocycles. The van der Waals surface area contributed by atoms with Gasteiger partial charge in [-0.25, -0.2) is 8.42 Å². The number of ether oxygens (including phenoxy) is 1. The summed E-state index contributed by atoms with van der Waals surface area (Å²) in [5.41, 5.74) is 1.51. The third-order valence-electron chi connectivity index (χ3n) is 6.05. The number of methoxy groups -OCH3 is 1. The van der Waals surface area contributed by atoms with Crippen molar-refractivity contribution in [3.8, 4) is 5.75 Å². The van der Waals surface area contributed by atoms with Crippen molar-refractivity contribution in [1.82, 2.24) is 10.2 Å². The molecule has 1 N–H and O–H groups in total. The lowest BCUT2D eigenvalue weighted by atomic mass is 10.0. The van der Waals surface area contributed by atoms with Gasteiger partial charge in [0.05, 0.1) is 34.1 Å². The Morgan fingerprint density at radius 3 is 2.20 bits per heavy atom. The zero-order valence-electron chi connectivity index (χ0n) is 22.2. The van der Waals surface area contributed by atoms with E-state index in [1.807, 2.05) is 30.3 Å². The fourth-order valence-corrected chi connectivity index (χ4v) is 5.66. The molecule has 3 aromatic rings. The summed E-state index contributed by atoms with van der Waals surface area (Å²) in [5, 5.41) is 3.00. The van der Waals surface area contributed by atoms with E-state index in [2.05, 4.69) is 5.32 Å². The summed E-state index contributed by atoms with van der Waals surface area (Å²) in [5.74, 6) is -0.425. The highest BCUT2D eigenvalue weighted by Crippen LogP contribution is 2.35. The van der Waals surface area contributed by atoms with E-state index in [0.717, 1.165) is 16.1 Å². The molecule has 40 heavy (non-hydrogen) atoms. The number of amides is 2. The van der Waals surface area contributed by atoms with E-state index in [-0.39, 0.29) is 39.6 Å². The van der Waals surface area contributed by atoms with E-state index in [1.54, 1.807) is 31.2 Å². The molecule has 0 fully saturated rings. The third kappa shape index (κ3) is 8.27. The highest BCUT2D eigenvalue weighted by Gasteiger charge is 2.33. The molecule has 0 saturated heterocycles. The average Bonchev–Trinajstić information content (AvgIpc) is 2.91. The van der Waals surface area contributed by atoms with Gasteiger partial charge < -0.3 is 15.0 Å². The second-order valence-corrected chi connectivity index (χ2v) is 12.1. The summed E-state index contributed by atoms with van der Waals surface area (Å²) in [7, 11) is -2.49. The first-order valence-electron chi connectivity index (χ1n) is 12.3. The number of anilines is 1. The fraction of sp³-hybridized carbons (Fsp3) is 0.286. The molecule has 2 amide bonds. The maximum atomic E-state index is 14.0. The van der Waals surface area contributed by atoms with Gasteiger partial charge in [0.25, 0.3) is 0 Å². The van der Waals surface area contributed by atoms with Crippen LogP contribution in [-0.4, -0.2) is 57.6 Å². The van der Waals surface area contributed by atoms with Gasteiger partial charge in [-0.3, -0.25) is 13.9 Å². The fourth-order valence-electron chi connectivity index (χ4n) is 4.11. The lowest BCUT2D eigenvalue weighted by molar-refractivity contribution is -0.140. The monoisotopic (exact) mass is 625 g/mol. The van der Waals surface area contributed by atoms with Gasteiger partial charge in [0.1, 0.15) is 18.3 Å². The molecule has 0 aromatic heterocycles. The number of rotatable bonds is 12. The van der Waals surface area contributed by atoms with Gasteiger partial charge >= 0.3 is 0 Å². The number of carbonyl (C=O) groups is 2. The molecule has 214 valence electrons. The molecule has 0 aliphatic rings. The molecule has 3 rings (SSSR count). The number of nitrogens with one attached hydrogen (secondary N) is 1. The van der Waals surface area contributed by atoms with Gasteiger partial charge in [-0.15, -0.1) is 0 Å². The molecule has 3 aromatic carbocycles. The number of likely N-dealkylation sites (N-methyl/N-ethyl adjacent to an activating group) is 1. The van der Waals surface area contributed by atoms with Crippen LogP contribution in [0.1, 0.15) is 18.1 Å². The van der Waals surface area contributed by atoms with Gasteiger partial charge in [-0.05, 0) is 42.3 Å². The molecule has 0 unspecified atom stereocenters. The van der Waals surface area contributed by atoms with Gasteiger partial charge in [-0.2, -0.15) is 0 Å². The molecular weight excluding hydrogens is 597 g/mol. The van der Waals surface area contributed by atoms with Crippen LogP contribution in [0.25, 0.3) is 0 Å². The van der Waals surface area contributed by atoms with Crippen molar-refractivity contribution in [2.75, 3.05) is 30.8 Å². The number of halogens is 3. The molecule has 0 aliphatic carbocycles. The zero-order chi connectivity index (χ0) is 29.4. The smallest absolute Gasteiger partial charge is 0.244 e. The van der Waals surface area contributed by atoms with E-state index >= 15 is 0 Å². The number of sulfonamides is 1. The van der Waals surface area contributed by atoms with Crippen molar-refractivity contribution in [3.05, 3.63) is 92.9 Å². The zero-order valence-corrected chi connectivity index (χ0v) is 25.3. The second kappa shape index (κ2) is 14.1. The minimum Gasteiger partial charge on any atom is -0.497 e. The molecule has 0 heterocycles. The lowest BCUT2D eigenvalue weighted by Gasteiger charge is -2.33. The van der Waals surface area contributed by atoms with E-state index in [4.69, 9.17) is 39.5 Å². The number of nitrogens with zero attached hydrogens (tertiary/aromatic N) is 2.